The molecule has 25 heavy (non-hydrogen) atoms. The number of carbonyl (C=O) groups is 2. The van der Waals surface area contributed by atoms with E-state index in [-0.39, 0.29) is 12.2 Å². The molecule has 0 fully saturated rings. The maximum absolute atomic E-state index is 12.6. The van der Waals surface area contributed by atoms with Crippen LogP contribution in [0.2, 0.25) is 0 Å². The molecule has 0 radical (unpaired) electrons. The number of carboxylic acids is 1. The smallest absolute Gasteiger partial charge is 0.327 e. The van der Waals surface area contributed by atoms with Crippen molar-refractivity contribution in [1.82, 2.24) is 0 Å². The highest BCUT2D eigenvalue weighted by molar-refractivity contribution is 6.09. The minimum Gasteiger partial charge on any atom is -0.504 e. The number of benzene rings is 2. The molecule has 0 aromatic heterocycles. The molecule has 0 unspecified atom stereocenters. The Balaban J connectivity index is 1.86. The van der Waals surface area contributed by atoms with E-state index in [1.54, 1.807) is 24.3 Å². The molecule has 1 atom stereocenters. The van der Waals surface area contributed by atoms with Gasteiger partial charge in [0.1, 0.15) is 6.04 Å². The second-order valence-corrected chi connectivity index (χ2v) is 5.66. The van der Waals surface area contributed by atoms with E-state index >= 15 is 0 Å². The van der Waals surface area contributed by atoms with Crippen molar-refractivity contribution in [3.63, 3.8) is 0 Å². The first kappa shape index (κ1) is 16.6. The number of aromatic hydroxyl groups is 1. The highest BCUT2D eigenvalue weighted by atomic mass is 16.5. The molecular formula is C19H17NO5. The number of aliphatic carboxylic acids is 1. The Bertz CT molecular complexity index is 859. The largest absolute Gasteiger partial charge is 0.504 e. The van der Waals surface area contributed by atoms with Crippen molar-refractivity contribution < 1.29 is 24.5 Å². The number of rotatable bonds is 4. The fourth-order valence-electron chi connectivity index (χ4n) is 2.91. The molecule has 6 nitrogen and oxygen atoms in total. The Labute approximate surface area is 144 Å². The minimum absolute atomic E-state index is 0.0352. The van der Waals surface area contributed by atoms with Gasteiger partial charge in [-0.1, -0.05) is 24.3 Å². The molecule has 2 aromatic carbocycles. The Morgan fingerprint density at radius 3 is 2.68 bits per heavy atom. The van der Waals surface area contributed by atoms with Gasteiger partial charge in [0.05, 0.1) is 7.11 Å². The number of fused-ring (bicyclic) bond motifs is 1. The fraction of sp³-hybridized carbons (Fsp3) is 0.158. The van der Waals surface area contributed by atoms with Crippen molar-refractivity contribution in [3.8, 4) is 11.5 Å². The van der Waals surface area contributed by atoms with Crippen molar-refractivity contribution in [2.75, 3.05) is 12.0 Å². The summed E-state index contributed by atoms with van der Waals surface area (Å²) in [7, 11) is 1.45. The Hall–Kier alpha value is -3.28. The van der Waals surface area contributed by atoms with Crippen LogP contribution < -0.4 is 9.64 Å². The number of ether oxygens (including phenoxy) is 1. The Morgan fingerprint density at radius 2 is 2.00 bits per heavy atom. The van der Waals surface area contributed by atoms with Gasteiger partial charge < -0.3 is 14.9 Å². The van der Waals surface area contributed by atoms with Crippen LogP contribution >= 0.6 is 0 Å². The highest BCUT2D eigenvalue weighted by Gasteiger charge is 2.37. The fourth-order valence-corrected chi connectivity index (χ4v) is 2.91. The Morgan fingerprint density at radius 1 is 1.24 bits per heavy atom. The lowest BCUT2D eigenvalue weighted by atomic mass is 10.1. The Kier molecular flexibility index (Phi) is 4.43. The van der Waals surface area contributed by atoms with Crippen molar-refractivity contribution in [2.45, 2.75) is 12.5 Å². The summed E-state index contributed by atoms with van der Waals surface area (Å²) < 4.78 is 4.97. The van der Waals surface area contributed by atoms with Crippen LogP contribution in [0, 0.1) is 0 Å². The summed E-state index contributed by atoms with van der Waals surface area (Å²) in [5.74, 6) is -1.16. The second kappa shape index (κ2) is 6.68. The van der Waals surface area contributed by atoms with Gasteiger partial charge in [-0.2, -0.15) is 0 Å². The SMILES string of the molecule is COc1ccc(/C=C/C(=O)N2c3ccccc3C[C@@H]2C(=O)O)cc1O. The summed E-state index contributed by atoms with van der Waals surface area (Å²) in [5.41, 5.74) is 2.05. The maximum Gasteiger partial charge on any atom is 0.327 e. The van der Waals surface area contributed by atoms with E-state index in [0.717, 1.165) is 5.56 Å². The third-order valence-corrected chi connectivity index (χ3v) is 4.12. The molecule has 2 N–H and O–H groups in total. The van der Waals surface area contributed by atoms with E-state index in [0.29, 0.717) is 17.0 Å². The lowest BCUT2D eigenvalue weighted by Gasteiger charge is -2.21. The monoisotopic (exact) mass is 339 g/mol. The molecule has 0 saturated heterocycles. The zero-order chi connectivity index (χ0) is 18.0. The predicted octanol–water partition coefficient (Wildman–Crippen LogP) is 2.46. The van der Waals surface area contributed by atoms with Crippen LogP contribution in [-0.2, 0) is 16.0 Å². The normalized spacial score (nSPS) is 16.0. The maximum atomic E-state index is 12.6. The van der Waals surface area contributed by atoms with Crippen LogP contribution in [0.4, 0.5) is 5.69 Å². The van der Waals surface area contributed by atoms with Gasteiger partial charge in [0.25, 0.3) is 5.91 Å². The number of amides is 1. The predicted molar refractivity (Wildman–Crippen MR) is 92.7 cm³/mol. The summed E-state index contributed by atoms with van der Waals surface area (Å²) in [4.78, 5) is 25.4. The lowest BCUT2D eigenvalue weighted by Crippen LogP contribution is -2.42. The van der Waals surface area contributed by atoms with Crippen molar-refractivity contribution in [2.24, 2.45) is 0 Å². The molecule has 1 aliphatic rings. The van der Waals surface area contributed by atoms with Gasteiger partial charge in [0, 0.05) is 18.2 Å². The van der Waals surface area contributed by atoms with E-state index in [9.17, 15) is 19.8 Å². The van der Waals surface area contributed by atoms with E-state index in [4.69, 9.17) is 4.74 Å². The summed E-state index contributed by atoms with van der Waals surface area (Å²) in [5, 5.41) is 19.2. The third kappa shape index (κ3) is 3.19. The van der Waals surface area contributed by atoms with Gasteiger partial charge in [-0.15, -0.1) is 0 Å². The zero-order valence-corrected chi connectivity index (χ0v) is 13.5. The van der Waals surface area contributed by atoms with Gasteiger partial charge >= 0.3 is 5.97 Å². The topological polar surface area (TPSA) is 87.1 Å². The molecular weight excluding hydrogens is 322 g/mol. The van der Waals surface area contributed by atoms with Crippen LogP contribution in [0.3, 0.4) is 0 Å². The van der Waals surface area contributed by atoms with E-state index in [1.807, 2.05) is 12.1 Å². The first-order valence-corrected chi connectivity index (χ1v) is 7.70. The number of phenolic OH excluding ortho intramolecular Hbond substituents is 1. The number of anilines is 1. The standard InChI is InChI=1S/C19H17NO5/c1-25-17-8-6-12(10-16(17)21)7-9-18(22)20-14-5-3-2-4-13(14)11-15(20)19(23)24/h2-10,15,21H,11H2,1H3,(H,23,24)/b9-7+/t15-/m1/s1. The van der Waals surface area contributed by atoms with Crippen molar-refractivity contribution >= 4 is 23.6 Å². The van der Waals surface area contributed by atoms with E-state index in [1.165, 1.54) is 30.2 Å². The molecule has 1 aliphatic heterocycles. The van der Waals surface area contributed by atoms with Gasteiger partial charge in [0.2, 0.25) is 0 Å². The van der Waals surface area contributed by atoms with E-state index < -0.39 is 17.9 Å². The zero-order valence-electron chi connectivity index (χ0n) is 13.5. The quantitative estimate of drug-likeness (QED) is 0.836. The summed E-state index contributed by atoms with van der Waals surface area (Å²) in [6.07, 6.45) is 3.12. The molecule has 0 aliphatic carbocycles. The third-order valence-electron chi connectivity index (χ3n) is 4.12. The van der Waals surface area contributed by atoms with Gasteiger partial charge in [0.15, 0.2) is 11.5 Å². The molecule has 2 aromatic rings. The number of nitrogens with zero attached hydrogens (tertiary/aromatic N) is 1. The van der Waals surface area contributed by atoms with Crippen LogP contribution in [0.25, 0.3) is 6.08 Å². The minimum atomic E-state index is -1.04. The number of carbonyl (C=O) groups excluding carboxylic acids is 1. The number of methoxy groups -OCH3 is 1. The molecule has 6 heteroatoms. The number of hydrogen-bond donors (Lipinski definition) is 2. The van der Waals surface area contributed by atoms with Gasteiger partial charge in [-0.05, 0) is 35.4 Å². The summed E-state index contributed by atoms with van der Waals surface area (Å²) in [6, 6.07) is 11.0. The first-order valence-electron chi connectivity index (χ1n) is 7.70. The van der Waals surface area contributed by atoms with Crippen LogP contribution in [-0.4, -0.2) is 35.2 Å². The van der Waals surface area contributed by atoms with Crippen LogP contribution in [0.1, 0.15) is 11.1 Å². The van der Waals surface area contributed by atoms with Crippen molar-refractivity contribution in [3.05, 3.63) is 59.7 Å². The lowest BCUT2D eigenvalue weighted by molar-refractivity contribution is -0.139. The molecule has 0 spiro atoms. The molecule has 0 bridgehead atoms. The number of hydrogen-bond acceptors (Lipinski definition) is 4. The van der Waals surface area contributed by atoms with Crippen LogP contribution in [0.15, 0.2) is 48.5 Å². The first-order chi connectivity index (χ1) is 12.0. The van der Waals surface area contributed by atoms with Gasteiger partial charge in [-0.25, -0.2) is 4.79 Å². The summed E-state index contributed by atoms with van der Waals surface area (Å²) >= 11 is 0. The number of phenols is 1. The number of carboxylic acid groups (broad SMARTS) is 1. The number of para-hydroxylation sites is 1. The highest BCUT2D eigenvalue weighted by Crippen LogP contribution is 2.32. The molecule has 1 heterocycles. The van der Waals surface area contributed by atoms with Gasteiger partial charge in [-0.3, -0.25) is 9.69 Å². The molecule has 128 valence electrons. The second-order valence-electron chi connectivity index (χ2n) is 5.66. The molecule has 3 rings (SSSR count). The average molecular weight is 339 g/mol. The average Bonchev–Trinajstić information content (AvgIpc) is 2.99. The molecule has 0 saturated carbocycles. The summed E-state index contributed by atoms with van der Waals surface area (Å²) in [6.45, 7) is 0. The van der Waals surface area contributed by atoms with Crippen molar-refractivity contribution in [1.29, 1.82) is 0 Å². The molecule has 1 amide bonds. The van der Waals surface area contributed by atoms with Crippen LogP contribution in [0.5, 0.6) is 11.5 Å². The van der Waals surface area contributed by atoms with E-state index in [2.05, 4.69) is 0 Å².